The molecule has 0 aliphatic heterocycles. The lowest BCUT2D eigenvalue weighted by Gasteiger charge is -2.06. The van der Waals surface area contributed by atoms with E-state index >= 15 is 0 Å². The number of benzene rings is 1. The van der Waals surface area contributed by atoms with Crippen molar-refractivity contribution in [2.24, 2.45) is 0 Å². The van der Waals surface area contributed by atoms with Crippen molar-refractivity contribution in [1.29, 1.82) is 0 Å². The van der Waals surface area contributed by atoms with E-state index in [1.165, 1.54) is 0 Å². The lowest BCUT2D eigenvalue weighted by Crippen LogP contribution is -2.03. The molecule has 0 spiro atoms. The molecule has 0 N–H and O–H groups in total. The van der Waals surface area contributed by atoms with E-state index in [1.54, 1.807) is 0 Å². The number of halogens is 3. The van der Waals surface area contributed by atoms with Crippen LogP contribution in [0.3, 0.4) is 0 Å². The number of nitro groups is 1. The van der Waals surface area contributed by atoms with Crippen LogP contribution in [0, 0.1) is 10.1 Å². The molecular weight excluding hydrogens is 244 g/mol. The van der Waals surface area contributed by atoms with E-state index in [1.807, 2.05) is 0 Å². The molecule has 0 fully saturated rings. The van der Waals surface area contributed by atoms with Crippen LogP contribution in [0.4, 0.5) is 14.5 Å². The highest BCUT2D eigenvalue weighted by Gasteiger charge is 2.27. The Morgan fingerprint density at radius 2 is 2.06 bits per heavy atom. The first-order valence-electron chi connectivity index (χ1n) is 4.12. The van der Waals surface area contributed by atoms with Crippen LogP contribution in [0.1, 0.15) is 29.3 Å². The lowest BCUT2D eigenvalue weighted by atomic mass is 10.1. The van der Waals surface area contributed by atoms with E-state index in [0.29, 0.717) is 0 Å². The predicted octanol–water partition coefficient (Wildman–Crippen LogP) is 3.39. The van der Waals surface area contributed by atoms with Crippen LogP contribution in [0.25, 0.3) is 0 Å². The minimum Gasteiger partial charge on any atom is -0.294 e. The summed E-state index contributed by atoms with van der Waals surface area (Å²) in [5.41, 5.74) is -1.70. The molecule has 7 heteroatoms. The van der Waals surface area contributed by atoms with Gasteiger partial charge in [0, 0.05) is 5.56 Å². The van der Waals surface area contributed by atoms with Crippen LogP contribution in [0.2, 0.25) is 5.02 Å². The third-order valence-electron chi connectivity index (χ3n) is 1.94. The SMILES string of the molecule is CC(=O)c1ccc(C(F)F)c(Cl)c1[N+](=O)[O-]. The van der Waals surface area contributed by atoms with Gasteiger partial charge in [-0.25, -0.2) is 8.78 Å². The van der Waals surface area contributed by atoms with E-state index in [2.05, 4.69) is 0 Å². The van der Waals surface area contributed by atoms with Crippen LogP contribution in [0.5, 0.6) is 0 Å². The van der Waals surface area contributed by atoms with E-state index < -0.39 is 33.4 Å². The normalized spacial score (nSPS) is 10.6. The molecule has 0 unspecified atom stereocenters. The molecule has 0 aromatic heterocycles. The number of ketones is 1. The maximum atomic E-state index is 12.4. The quantitative estimate of drug-likeness (QED) is 0.469. The number of carbonyl (C=O) groups excluding carboxylic acids is 1. The molecule has 16 heavy (non-hydrogen) atoms. The molecule has 0 amide bonds. The highest BCUT2D eigenvalue weighted by Crippen LogP contribution is 2.36. The summed E-state index contributed by atoms with van der Waals surface area (Å²) < 4.78 is 24.8. The van der Waals surface area contributed by atoms with Crippen molar-refractivity contribution in [3.05, 3.63) is 38.4 Å². The van der Waals surface area contributed by atoms with Gasteiger partial charge in [0.1, 0.15) is 5.02 Å². The zero-order chi connectivity index (χ0) is 12.5. The Kier molecular flexibility index (Phi) is 3.54. The van der Waals surface area contributed by atoms with Crippen LogP contribution >= 0.6 is 11.6 Å². The highest BCUT2D eigenvalue weighted by molar-refractivity contribution is 6.34. The van der Waals surface area contributed by atoms with Gasteiger partial charge in [-0.15, -0.1) is 0 Å². The van der Waals surface area contributed by atoms with Gasteiger partial charge in [0.2, 0.25) is 0 Å². The maximum absolute atomic E-state index is 12.4. The van der Waals surface area contributed by atoms with Gasteiger partial charge in [0.05, 0.1) is 10.5 Å². The number of hydrogen-bond donors (Lipinski definition) is 0. The summed E-state index contributed by atoms with van der Waals surface area (Å²) in [5.74, 6) is -0.602. The van der Waals surface area contributed by atoms with Gasteiger partial charge in [-0.2, -0.15) is 0 Å². The Labute approximate surface area is 94.0 Å². The topological polar surface area (TPSA) is 60.2 Å². The van der Waals surface area contributed by atoms with Crippen molar-refractivity contribution in [1.82, 2.24) is 0 Å². The van der Waals surface area contributed by atoms with Crippen molar-refractivity contribution in [3.8, 4) is 0 Å². The number of alkyl halides is 2. The Balaban J connectivity index is 3.54. The van der Waals surface area contributed by atoms with E-state index in [9.17, 15) is 23.7 Å². The van der Waals surface area contributed by atoms with E-state index in [0.717, 1.165) is 19.1 Å². The highest BCUT2D eigenvalue weighted by atomic mass is 35.5. The molecule has 0 aliphatic carbocycles. The Morgan fingerprint density at radius 1 is 1.50 bits per heavy atom. The van der Waals surface area contributed by atoms with E-state index in [-0.39, 0.29) is 5.56 Å². The summed E-state index contributed by atoms with van der Waals surface area (Å²) in [6, 6.07) is 1.89. The fourth-order valence-corrected chi connectivity index (χ4v) is 1.53. The fourth-order valence-electron chi connectivity index (χ4n) is 1.21. The molecule has 86 valence electrons. The van der Waals surface area contributed by atoms with Crippen molar-refractivity contribution in [2.45, 2.75) is 13.3 Å². The second-order valence-corrected chi connectivity index (χ2v) is 3.36. The van der Waals surface area contributed by atoms with Gasteiger partial charge in [0.15, 0.2) is 5.78 Å². The maximum Gasteiger partial charge on any atom is 0.299 e. The van der Waals surface area contributed by atoms with Gasteiger partial charge < -0.3 is 0 Å². The zero-order valence-corrected chi connectivity index (χ0v) is 8.79. The molecule has 1 aromatic carbocycles. The number of Topliss-reactive ketones (excluding diaryl/α,β-unsaturated/α-hetero) is 1. The molecule has 0 atom stereocenters. The summed E-state index contributed by atoms with van der Waals surface area (Å²) in [7, 11) is 0. The standard InChI is InChI=1S/C9H6ClF2NO3/c1-4(14)5-2-3-6(9(11)12)7(10)8(5)13(15)16/h2-3,9H,1H3. The Bertz CT molecular complexity index is 462. The third-order valence-corrected chi connectivity index (χ3v) is 2.34. The molecule has 0 heterocycles. The monoisotopic (exact) mass is 249 g/mol. The number of carbonyl (C=O) groups is 1. The van der Waals surface area contributed by atoms with Gasteiger partial charge >= 0.3 is 0 Å². The Morgan fingerprint density at radius 3 is 2.44 bits per heavy atom. The van der Waals surface area contributed by atoms with Crippen molar-refractivity contribution >= 4 is 23.1 Å². The van der Waals surface area contributed by atoms with Gasteiger partial charge in [-0.1, -0.05) is 17.7 Å². The van der Waals surface area contributed by atoms with Gasteiger partial charge in [-0.05, 0) is 13.0 Å². The third kappa shape index (κ3) is 2.16. The van der Waals surface area contributed by atoms with Crippen molar-refractivity contribution in [2.75, 3.05) is 0 Å². The summed E-state index contributed by atoms with van der Waals surface area (Å²) in [5, 5.41) is 9.96. The first-order valence-corrected chi connectivity index (χ1v) is 4.50. The van der Waals surface area contributed by atoms with Crippen molar-refractivity contribution < 1.29 is 18.5 Å². The second-order valence-electron chi connectivity index (χ2n) is 2.98. The smallest absolute Gasteiger partial charge is 0.294 e. The van der Waals surface area contributed by atoms with Crippen LogP contribution in [-0.4, -0.2) is 10.7 Å². The zero-order valence-electron chi connectivity index (χ0n) is 8.04. The summed E-state index contributed by atoms with van der Waals surface area (Å²) in [6.07, 6.45) is -2.92. The summed E-state index contributed by atoms with van der Waals surface area (Å²) in [4.78, 5) is 20.8. The molecule has 0 radical (unpaired) electrons. The number of nitrogens with zero attached hydrogens (tertiary/aromatic N) is 1. The molecule has 1 rings (SSSR count). The average molecular weight is 250 g/mol. The summed E-state index contributed by atoms with van der Waals surface area (Å²) in [6.45, 7) is 1.10. The summed E-state index contributed by atoms with van der Waals surface area (Å²) >= 11 is 5.47. The minimum atomic E-state index is -2.92. The average Bonchev–Trinajstić information content (AvgIpc) is 2.15. The van der Waals surface area contributed by atoms with Crippen LogP contribution in [-0.2, 0) is 0 Å². The minimum absolute atomic E-state index is 0.278. The predicted molar refractivity (Wildman–Crippen MR) is 53.1 cm³/mol. The van der Waals surface area contributed by atoms with Gasteiger partial charge in [-0.3, -0.25) is 14.9 Å². The number of rotatable bonds is 3. The molecular formula is C9H6ClF2NO3. The lowest BCUT2D eigenvalue weighted by molar-refractivity contribution is -0.385. The molecule has 0 saturated heterocycles. The van der Waals surface area contributed by atoms with Crippen molar-refractivity contribution in [3.63, 3.8) is 0 Å². The van der Waals surface area contributed by atoms with Crippen LogP contribution in [0.15, 0.2) is 12.1 Å². The van der Waals surface area contributed by atoms with E-state index in [4.69, 9.17) is 11.6 Å². The largest absolute Gasteiger partial charge is 0.299 e. The first-order chi connectivity index (χ1) is 7.36. The number of nitro benzene ring substituents is 1. The van der Waals surface area contributed by atoms with Gasteiger partial charge in [0.25, 0.3) is 12.1 Å². The first kappa shape index (κ1) is 12.5. The fraction of sp³-hybridized carbons (Fsp3) is 0.222. The molecule has 0 bridgehead atoms. The molecule has 4 nitrogen and oxygen atoms in total. The molecule has 0 saturated carbocycles. The molecule has 0 aliphatic rings. The number of hydrogen-bond acceptors (Lipinski definition) is 3. The second kappa shape index (κ2) is 4.52. The van der Waals surface area contributed by atoms with Crippen LogP contribution < -0.4 is 0 Å². The molecule has 1 aromatic rings. The Hall–Kier alpha value is -1.56.